The average molecular weight is 413 g/mol. The Kier molecular flexibility index (Phi) is 6.34. The average Bonchev–Trinajstić information content (AvgIpc) is 2.99. The predicted molar refractivity (Wildman–Crippen MR) is 112 cm³/mol. The van der Waals surface area contributed by atoms with Crippen molar-refractivity contribution in [2.45, 2.75) is 26.8 Å². The van der Waals surface area contributed by atoms with Crippen LogP contribution in [0.25, 0.3) is 0 Å². The van der Waals surface area contributed by atoms with Crippen molar-refractivity contribution in [3.05, 3.63) is 92.2 Å². The molecule has 1 heterocycles. The lowest BCUT2D eigenvalue weighted by molar-refractivity contribution is -0.385. The van der Waals surface area contributed by atoms with E-state index in [0.29, 0.717) is 10.6 Å². The number of ketones is 1. The van der Waals surface area contributed by atoms with Gasteiger partial charge in [-0.25, -0.2) is 0 Å². The summed E-state index contributed by atoms with van der Waals surface area (Å²) < 4.78 is 7.54. The number of halogens is 1. The summed E-state index contributed by atoms with van der Waals surface area (Å²) in [5.74, 6) is -0.128. The summed E-state index contributed by atoms with van der Waals surface area (Å²) in [5, 5.41) is 11.8. The number of hydrogen-bond donors (Lipinski definition) is 0. The zero-order valence-electron chi connectivity index (χ0n) is 16.2. The van der Waals surface area contributed by atoms with Gasteiger partial charge in [-0.3, -0.25) is 14.9 Å². The highest BCUT2D eigenvalue weighted by Gasteiger charge is 2.19. The molecule has 1 aromatic heterocycles. The second-order valence-corrected chi connectivity index (χ2v) is 7.19. The molecule has 3 aromatic rings. The van der Waals surface area contributed by atoms with Gasteiger partial charge < -0.3 is 9.30 Å². The van der Waals surface area contributed by atoms with Crippen LogP contribution in [0.5, 0.6) is 5.75 Å². The zero-order chi connectivity index (χ0) is 21.0. The molecule has 0 fully saturated rings. The van der Waals surface area contributed by atoms with Crippen LogP contribution in [0.3, 0.4) is 0 Å². The normalized spacial score (nSPS) is 10.7. The standard InChI is InChI=1S/C22H21ClN2O4/c1-15-13-19(16(2)24(15)12-11-17-7-9-18(23)10-8-17)21(26)14-29-22-6-4-3-5-20(22)25(27)28/h3-10,13H,11-12,14H2,1-2H3. The van der Waals surface area contributed by atoms with Crippen molar-refractivity contribution in [2.24, 2.45) is 0 Å². The number of nitro benzene ring substituents is 1. The van der Waals surface area contributed by atoms with Gasteiger partial charge in [0.2, 0.25) is 5.78 Å². The number of ether oxygens (including phenoxy) is 1. The van der Waals surface area contributed by atoms with Gasteiger partial charge in [-0.1, -0.05) is 35.9 Å². The molecule has 0 N–H and O–H groups in total. The summed E-state index contributed by atoms with van der Waals surface area (Å²) >= 11 is 5.93. The lowest BCUT2D eigenvalue weighted by Gasteiger charge is -2.10. The van der Waals surface area contributed by atoms with Gasteiger partial charge in [0, 0.05) is 34.6 Å². The maximum atomic E-state index is 12.7. The van der Waals surface area contributed by atoms with E-state index in [1.165, 1.54) is 12.1 Å². The zero-order valence-corrected chi connectivity index (χ0v) is 17.0. The number of benzene rings is 2. The molecule has 0 spiro atoms. The van der Waals surface area contributed by atoms with Crippen LogP contribution in [0.1, 0.15) is 27.3 Å². The van der Waals surface area contributed by atoms with E-state index in [2.05, 4.69) is 4.57 Å². The van der Waals surface area contributed by atoms with Gasteiger partial charge in [-0.05, 0) is 50.1 Å². The minimum atomic E-state index is -0.525. The molecule has 0 atom stereocenters. The first-order valence-corrected chi connectivity index (χ1v) is 9.55. The Morgan fingerprint density at radius 1 is 1.14 bits per heavy atom. The van der Waals surface area contributed by atoms with E-state index in [-0.39, 0.29) is 23.8 Å². The largest absolute Gasteiger partial charge is 0.478 e. The fourth-order valence-corrected chi connectivity index (χ4v) is 3.40. The number of nitrogens with zero attached hydrogens (tertiary/aromatic N) is 2. The Morgan fingerprint density at radius 3 is 2.52 bits per heavy atom. The molecule has 2 aromatic carbocycles. The van der Waals surface area contributed by atoms with Crippen molar-refractivity contribution in [3.8, 4) is 5.75 Å². The van der Waals surface area contributed by atoms with Crippen molar-refractivity contribution >= 4 is 23.1 Å². The smallest absolute Gasteiger partial charge is 0.310 e. The van der Waals surface area contributed by atoms with Crippen LogP contribution in [0.2, 0.25) is 5.02 Å². The van der Waals surface area contributed by atoms with Crippen molar-refractivity contribution in [2.75, 3.05) is 6.61 Å². The fourth-order valence-electron chi connectivity index (χ4n) is 3.27. The molecule has 0 unspecified atom stereocenters. The van der Waals surface area contributed by atoms with Crippen LogP contribution < -0.4 is 4.74 Å². The van der Waals surface area contributed by atoms with Crippen molar-refractivity contribution < 1.29 is 14.5 Å². The summed E-state index contributed by atoms with van der Waals surface area (Å²) in [6.07, 6.45) is 0.813. The molecule has 3 rings (SSSR count). The number of rotatable bonds is 8. The Bertz CT molecular complexity index is 1040. The topological polar surface area (TPSA) is 74.4 Å². The van der Waals surface area contributed by atoms with E-state index in [1.807, 2.05) is 44.2 Å². The quantitative estimate of drug-likeness (QED) is 0.290. The van der Waals surface area contributed by atoms with Gasteiger partial charge >= 0.3 is 5.69 Å². The van der Waals surface area contributed by atoms with Crippen LogP contribution in [0.15, 0.2) is 54.6 Å². The van der Waals surface area contributed by atoms with E-state index in [0.717, 1.165) is 29.9 Å². The maximum absolute atomic E-state index is 12.7. The number of hydrogen-bond acceptors (Lipinski definition) is 4. The third-order valence-corrected chi connectivity index (χ3v) is 5.08. The molecule has 0 aliphatic rings. The number of para-hydroxylation sites is 2. The lowest BCUT2D eigenvalue weighted by atomic mass is 10.1. The van der Waals surface area contributed by atoms with Crippen LogP contribution in [-0.4, -0.2) is 21.9 Å². The first-order valence-electron chi connectivity index (χ1n) is 9.17. The Morgan fingerprint density at radius 2 is 1.83 bits per heavy atom. The molecular weight excluding hydrogens is 392 g/mol. The minimum Gasteiger partial charge on any atom is -0.478 e. The number of carbonyl (C=O) groups excluding carboxylic acids is 1. The first kappa shape index (κ1) is 20.6. The highest BCUT2D eigenvalue weighted by Crippen LogP contribution is 2.26. The summed E-state index contributed by atoms with van der Waals surface area (Å²) in [6, 6.07) is 15.6. The first-order chi connectivity index (χ1) is 13.9. The molecular formula is C22H21ClN2O4. The molecule has 29 heavy (non-hydrogen) atoms. The molecule has 0 aliphatic heterocycles. The number of nitro groups is 1. The van der Waals surface area contributed by atoms with Gasteiger partial charge in [-0.2, -0.15) is 0 Å². The summed E-state index contributed by atoms with van der Waals surface area (Å²) in [6.45, 7) is 4.32. The molecule has 0 radical (unpaired) electrons. The van der Waals surface area contributed by atoms with Gasteiger partial charge in [0.15, 0.2) is 12.4 Å². The minimum absolute atomic E-state index is 0.0856. The highest BCUT2D eigenvalue weighted by atomic mass is 35.5. The molecule has 0 amide bonds. The van der Waals surface area contributed by atoms with Crippen LogP contribution in [0, 0.1) is 24.0 Å². The van der Waals surface area contributed by atoms with Gasteiger partial charge in [0.05, 0.1) is 4.92 Å². The van der Waals surface area contributed by atoms with E-state index in [1.54, 1.807) is 12.1 Å². The molecule has 6 nitrogen and oxygen atoms in total. The second kappa shape index (κ2) is 8.92. The number of Topliss-reactive ketones (excluding diaryl/α,β-unsaturated/α-hetero) is 1. The summed E-state index contributed by atoms with van der Waals surface area (Å²) in [7, 11) is 0. The summed E-state index contributed by atoms with van der Waals surface area (Å²) in [4.78, 5) is 23.2. The van der Waals surface area contributed by atoms with E-state index < -0.39 is 4.92 Å². The van der Waals surface area contributed by atoms with Crippen LogP contribution in [0.4, 0.5) is 5.69 Å². The fraction of sp³-hybridized carbons (Fsp3) is 0.227. The van der Waals surface area contributed by atoms with Crippen LogP contribution in [-0.2, 0) is 13.0 Å². The maximum Gasteiger partial charge on any atom is 0.310 e. The highest BCUT2D eigenvalue weighted by molar-refractivity contribution is 6.30. The van der Waals surface area contributed by atoms with Crippen molar-refractivity contribution in [1.82, 2.24) is 4.57 Å². The Labute approximate surface area is 173 Å². The van der Waals surface area contributed by atoms with E-state index in [9.17, 15) is 14.9 Å². The Hall–Kier alpha value is -3.12. The van der Waals surface area contributed by atoms with E-state index in [4.69, 9.17) is 16.3 Å². The molecule has 0 saturated carbocycles. The Balaban J connectivity index is 1.69. The van der Waals surface area contributed by atoms with Gasteiger partial charge in [-0.15, -0.1) is 0 Å². The lowest BCUT2D eigenvalue weighted by Crippen LogP contribution is -2.14. The number of carbonyl (C=O) groups is 1. The van der Waals surface area contributed by atoms with E-state index >= 15 is 0 Å². The monoisotopic (exact) mass is 412 g/mol. The number of aryl methyl sites for hydroxylation is 2. The predicted octanol–water partition coefficient (Wildman–Crippen LogP) is 5.17. The summed E-state index contributed by atoms with van der Waals surface area (Å²) in [5.41, 5.74) is 3.40. The number of aromatic nitrogens is 1. The molecule has 7 heteroatoms. The molecule has 0 bridgehead atoms. The van der Waals surface area contributed by atoms with Crippen molar-refractivity contribution in [3.63, 3.8) is 0 Å². The molecule has 150 valence electrons. The van der Waals surface area contributed by atoms with Gasteiger partial charge in [0.1, 0.15) is 0 Å². The SMILES string of the molecule is Cc1cc(C(=O)COc2ccccc2[N+](=O)[O-])c(C)n1CCc1ccc(Cl)cc1. The molecule has 0 saturated heterocycles. The van der Waals surface area contributed by atoms with Gasteiger partial charge in [0.25, 0.3) is 0 Å². The third-order valence-electron chi connectivity index (χ3n) is 4.83. The third kappa shape index (κ3) is 4.84. The van der Waals surface area contributed by atoms with Crippen LogP contribution >= 0.6 is 11.6 Å². The van der Waals surface area contributed by atoms with Crippen molar-refractivity contribution in [1.29, 1.82) is 0 Å². The second-order valence-electron chi connectivity index (χ2n) is 6.75. The molecule has 0 aliphatic carbocycles.